The number of hydrogen-bond donors (Lipinski definition) is 2. The van der Waals surface area contributed by atoms with Crippen LogP contribution < -0.4 is 10.5 Å². The Labute approximate surface area is 187 Å². The summed E-state index contributed by atoms with van der Waals surface area (Å²) in [6.07, 6.45) is 1.75. The van der Waals surface area contributed by atoms with Crippen molar-refractivity contribution in [2.75, 3.05) is 11.1 Å². The van der Waals surface area contributed by atoms with Crippen LogP contribution >= 0.6 is 11.8 Å². The summed E-state index contributed by atoms with van der Waals surface area (Å²) >= 11 is 1.10. The number of halogens is 1. The third-order valence-electron chi connectivity index (χ3n) is 4.51. The molecule has 0 aliphatic rings. The number of amides is 1. The molecule has 1 aromatic heterocycles. The van der Waals surface area contributed by atoms with Gasteiger partial charge in [0.1, 0.15) is 11.5 Å². The van der Waals surface area contributed by atoms with Gasteiger partial charge in [0.05, 0.1) is 32.7 Å². The Morgan fingerprint density at radius 3 is 2.72 bits per heavy atom. The molecule has 1 heterocycles. The first-order chi connectivity index (χ1) is 15.1. The molecule has 13 heteroatoms. The number of thioether (sulfide) groups is 1. The smallest absolute Gasteiger partial charge is 0.295 e. The number of rotatable bonds is 9. The molecule has 0 radical (unpaired) electrons. The van der Waals surface area contributed by atoms with E-state index in [1.807, 2.05) is 11.5 Å². The van der Waals surface area contributed by atoms with Gasteiger partial charge in [-0.2, -0.15) is 0 Å². The number of nitrogens with two attached hydrogens (primary N) is 1. The Morgan fingerprint density at radius 2 is 2.06 bits per heavy atom. The number of aryl methyl sites for hydroxylation is 1. The van der Waals surface area contributed by atoms with Gasteiger partial charge in [-0.05, 0) is 36.8 Å². The number of unbranched alkanes of at least 4 members (excludes halogenated alkanes) is 1. The first kappa shape index (κ1) is 23.6. The summed E-state index contributed by atoms with van der Waals surface area (Å²) in [6.45, 7) is 2.63. The third kappa shape index (κ3) is 5.41. The zero-order valence-corrected chi connectivity index (χ0v) is 18.6. The van der Waals surface area contributed by atoms with E-state index >= 15 is 0 Å². The molecule has 0 spiro atoms. The van der Waals surface area contributed by atoms with Crippen LogP contribution in [0.3, 0.4) is 0 Å². The average molecular weight is 482 g/mol. The average Bonchev–Trinajstić information content (AvgIpc) is 3.07. The maximum Gasteiger partial charge on any atom is 0.295 e. The van der Waals surface area contributed by atoms with Crippen molar-refractivity contribution in [2.24, 2.45) is 5.14 Å². The van der Waals surface area contributed by atoms with Gasteiger partial charge in [0.25, 0.3) is 5.69 Å². The van der Waals surface area contributed by atoms with Gasteiger partial charge in [0.15, 0.2) is 5.16 Å². The summed E-state index contributed by atoms with van der Waals surface area (Å²) in [5, 5.41) is 19.2. The van der Waals surface area contributed by atoms with Crippen molar-refractivity contribution in [3.63, 3.8) is 0 Å². The number of imidazole rings is 1. The lowest BCUT2D eigenvalue weighted by Gasteiger charge is -2.09. The van der Waals surface area contributed by atoms with E-state index in [4.69, 9.17) is 5.14 Å². The van der Waals surface area contributed by atoms with Crippen molar-refractivity contribution in [2.45, 2.75) is 36.4 Å². The van der Waals surface area contributed by atoms with Crippen LogP contribution in [-0.2, 0) is 21.4 Å². The van der Waals surface area contributed by atoms with Gasteiger partial charge in [-0.1, -0.05) is 25.1 Å². The Kier molecular flexibility index (Phi) is 7.11. The summed E-state index contributed by atoms with van der Waals surface area (Å²) in [5.74, 6) is -1.44. The number of nitro benzene ring substituents is 1. The fourth-order valence-electron chi connectivity index (χ4n) is 2.98. The SMILES string of the molecule is CCCCn1c(SCC(=O)Nc2ccc(F)cc2[N+](=O)[O-])nc2cc(S(N)(=O)=O)ccc21. The molecule has 2 aromatic carbocycles. The molecule has 0 bridgehead atoms. The molecule has 0 aliphatic carbocycles. The molecule has 32 heavy (non-hydrogen) atoms. The minimum atomic E-state index is -3.89. The summed E-state index contributed by atoms with van der Waals surface area (Å²) in [6, 6.07) is 7.26. The quantitative estimate of drug-likeness (QED) is 0.270. The highest BCUT2D eigenvalue weighted by Gasteiger charge is 2.19. The number of sulfonamides is 1. The van der Waals surface area contributed by atoms with E-state index in [9.17, 15) is 27.7 Å². The Hall–Kier alpha value is -3.03. The molecular weight excluding hydrogens is 461 g/mol. The molecule has 0 fully saturated rings. The lowest BCUT2D eigenvalue weighted by Crippen LogP contribution is -2.15. The van der Waals surface area contributed by atoms with Crippen molar-refractivity contribution < 1.29 is 22.5 Å². The topological polar surface area (TPSA) is 150 Å². The molecule has 3 aromatic rings. The van der Waals surface area contributed by atoms with E-state index in [2.05, 4.69) is 10.3 Å². The molecule has 0 aliphatic heterocycles. The molecule has 3 rings (SSSR count). The van der Waals surface area contributed by atoms with Gasteiger partial charge in [-0.3, -0.25) is 14.9 Å². The van der Waals surface area contributed by atoms with Gasteiger partial charge >= 0.3 is 0 Å². The van der Waals surface area contributed by atoms with E-state index in [-0.39, 0.29) is 16.3 Å². The second-order valence-corrected chi connectivity index (χ2v) is 9.35. The molecule has 10 nitrogen and oxygen atoms in total. The standard InChI is InChI=1S/C19H20FN5O5S2/c1-2-3-8-24-16-7-5-13(32(21,29)30)10-15(16)23-19(24)31-11-18(26)22-14-6-4-12(20)9-17(14)25(27)28/h4-7,9-10H,2-3,8,11H2,1H3,(H,22,26)(H2,21,29,30). The van der Waals surface area contributed by atoms with Crippen LogP contribution in [0.5, 0.6) is 0 Å². The second-order valence-electron chi connectivity index (χ2n) is 6.85. The number of nitrogens with zero attached hydrogens (tertiary/aromatic N) is 3. The van der Waals surface area contributed by atoms with Crippen molar-refractivity contribution in [1.29, 1.82) is 0 Å². The predicted molar refractivity (Wildman–Crippen MR) is 118 cm³/mol. The van der Waals surface area contributed by atoms with Crippen LogP contribution in [0.15, 0.2) is 46.5 Å². The Balaban J connectivity index is 1.83. The predicted octanol–water partition coefficient (Wildman–Crippen LogP) is 3.26. The van der Waals surface area contributed by atoms with Gasteiger partial charge in [-0.25, -0.2) is 22.9 Å². The highest BCUT2D eigenvalue weighted by atomic mass is 32.2. The lowest BCUT2D eigenvalue weighted by atomic mass is 10.2. The van der Waals surface area contributed by atoms with Gasteiger partial charge < -0.3 is 9.88 Å². The zero-order valence-electron chi connectivity index (χ0n) is 16.9. The number of nitrogens with one attached hydrogen (secondary N) is 1. The van der Waals surface area contributed by atoms with Crippen molar-refractivity contribution in [1.82, 2.24) is 9.55 Å². The van der Waals surface area contributed by atoms with Gasteiger partial charge in [0, 0.05) is 6.54 Å². The number of carbonyl (C=O) groups excluding carboxylic acids is 1. The van der Waals surface area contributed by atoms with Crippen molar-refractivity contribution in [3.05, 3.63) is 52.3 Å². The number of benzene rings is 2. The summed E-state index contributed by atoms with van der Waals surface area (Å²) < 4.78 is 38.4. The number of primary sulfonamides is 1. The monoisotopic (exact) mass is 481 g/mol. The fraction of sp³-hybridized carbons (Fsp3) is 0.263. The first-order valence-corrected chi connectivity index (χ1v) is 12.0. The van der Waals surface area contributed by atoms with Gasteiger partial charge in [0.2, 0.25) is 15.9 Å². The summed E-state index contributed by atoms with van der Waals surface area (Å²) in [5.41, 5.74) is 0.459. The number of nitro groups is 1. The van der Waals surface area contributed by atoms with Crippen LogP contribution in [0.25, 0.3) is 11.0 Å². The van der Waals surface area contributed by atoms with E-state index in [0.717, 1.165) is 42.8 Å². The molecule has 0 saturated heterocycles. The molecule has 0 unspecified atom stereocenters. The molecular formula is C19H20FN5O5S2. The van der Waals surface area contributed by atoms with Crippen molar-refractivity contribution in [3.8, 4) is 0 Å². The molecule has 0 saturated carbocycles. The van der Waals surface area contributed by atoms with Crippen LogP contribution in [0.2, 0.25) is 0 Å². The maximum atomic E-state index is 13.3. The number of fused-ring (bicyclic) bond motifs is 1. The zero-order chi connectivity index (χ0) is 23.5. The number of carbonyl (C=O) groups is 1. The van der Waals surface area contributed by atoms with Crippen molar-refractivity contribution >= 4 is 50.1 Å². The van der Waals surface area contributed by atoms with E-state index < -0.39 is 32.4 Å². The van der Waals surface area contributed by atoms with Gasteiger partial charge in [-0.15, -0.1) is 0 Å². The minimum Gasteiger partial charge on any atom is -0.320 e. The van der Waals surface area contributed by atoms with E-state index in [1.54, 1.807) is 6.07 Å². The number of anilines is 1. The Morgan fingerprint density at radius 1 is 1.31 bits per heavy atom. The second kappa shape index (κ2) is 9.63. The van der Waals surface area contributed by atoms with E-state index in [0.29, 0.717) is 22.7 Å². The fourth-order valence-corrected chi connectivity index (χ4v) is 4.36. The number of aromatic nitrogens is 2. The molecule has 0 atom stereocenters. The normalized spacial score (nSPS) is 11.6. The largest absolute Gasteiger partial charge is 0.320 e. The van der Waals surface area contributed by atoms with Crippen LogP contribution in [0, 0.1) is 15.9 Å². The molecule has 170 valence electrons. The van der Waals surface area contributed by atoms with Crippen LogP contribution in [0.1, 0.15) is 19.8 Å². The molecule has 1 amide bonds. The van der Waals surface area contributed by atoms with Crippen LogP contribution in [-0.4, -0.2) is 34.6 Å². The Bertz CT molecular complexity index is 1290. The number of hydrogen-bond acceptors (Lipinski definition) is 7. The summed E-state index contributed by atoms with van der Waals surface area (Å²) in [7, 11) is -3.89. The highest BCUT2D eigenvalue weighted by molar-refractivity contribution is 7.99. The van der Waals surface area contributed by atoms with E-state index in [1.165, 1.54) is 12.1 Å². The molecule has 3 N–H and O–H groups in total. The maximum absolute atomic E-state index is 13.3. The summed E-state index contributed by atoms with van der Waals surface area (Å²) in [4.78, 5) is 27.1. The lowest BCUT2D eigenvalue weighted by molar-refractivity contribution is -0.384. The highest BCUT2D eigenvalue weighted by Crippen LogP contribution is 2.28. The first-order valence-electron chi connectivity index (χ1n) is 9.50. The third-order valence-corrected chi connectivity index (χ3v) is 6.40. The minimum absolute atomic E-state index is 0.0666. The van der Waals surface area contributed by atoms with Crippen LogP contribution in [0.4, 0.5) is 15.8 Å².